The van der Waals surface area contributed by atoms with E-state index in [9.17, 15) is 4.39 Å². The average molecular weight is 300 g/mol. The van der Waals surface area contributed by atoms with E-state index in [1.165, 1.54) is 12.1 Å². The molecule has 0 fully saturated rings. The molecule has 0 unspecified atom stereocenters. The lowest BCUT2D eigenvalue weighted by molar-refractivity contribution is 0.628. The van der Waals surface area contributed by atoms with Crippen LogP contribution in [-0.2, 0) is 0 Å². The average Bonchev–Trinajstić information content (AvgIpc) is 2.62. The molecular weight excluding hydrogens is 287 g/mol. The zero-order valence-corrected chi connectivity index (χ0v) is 12.3. The number of rotatable bonds is 2. The van der Waals surface area contributed by atoms with Crippen LogP contribution < -0.4 is 0 Å². The normalized spacial score (nSPS) is 10.8. The van der Waals surface area contributed by atoms with Gasteiger partial charge in [-0.15, -0.1) is 0 Å². The Kier molecular flexibility index (Phi) is 3.31. The van der Waals surface area contributed by atoms with Gasteiger partial charge in [0.25, 0.3) is 0 Å². The first-order valence-corrected chi connectivity index (χ1v) is 7.38. The van der Waals surface area contributed by atoms with Crippen LogP contribution >= 0.6 is 0 Å². The summed E-state index contributed by atoms with van der Waals surface area (Å²) in [7, 11) is 0. The van der Waals surface area contributed by atoms with Gasteiger partial charge < -0.3 is 0 Å². The number of aromatic nitrogens is 2. The fraction of sp³-hybridized carbons (Fsp3) is 0. The molecule has 0 aliphatic rings. The van der Waals surface area contributed by atoms with Gasteiger partial charge in [0.2, 0.25) is 0 Å². The Balaban J connectivity index is 1.99. The minimum Gasteiger partial charge on any atom is -0.254 e. The van der Waals surface area contributed by atoms with E-state index in [4.69, 9.17) is 0 Å². The molecule has 0 radical (unpaired) electrons. The van der Waals surface area contributed by atoms with Crippen molar-refractivity contribution in [2.24, 2.45) is 0 Å². The molecular formula is C20H13FN2. The second kappa shape index (κ2) is 5.61. The van der Waals surface area contributed by atoms with Gasteiger partial charge in [-0.3, -0.25) is 4.98 Å². The maximum Gasteiger partial charge on any atom is 0.123 e. The highest BCUT2D eigenvalue weighted by Crippen LogP contribution is 2.30. The molecule has 0 N–H and O–H groups in total. The first kappa shape index (κ1) is 13.6. The standard InChI is InChI=1S/C20H13FN2/c21-16-10-8-15(9-11-16)19-13-17(14-5-2-1-3-6-14)20-18(23-19)7-4-12-22-20/h1-13H. The lowest BCUT2D eigenvalue weighted by Crippen LogP contribution is -1.91. The molecule has 3 heteroatoms. The quantitative estimate of drug-likeness (QED) is 0.514. The van der Waals surface area contributed by atoms with Crippen LogP contribution in [0.4, 0.5) is 4.39 Å². The van der Waals surface area contributed by atoms with Crippen molar-refractivity contribution >= 4 is 11.0 Å². The summed E-state index contributed by atoms with van der Waals surface area (Å²) in [6.07, 6.45) is 1.77. The second-order valence-corrected chi connectivity index (χ2v) is 5.30. The summed E-state index contributed by atoms with van der Waals surface area (Å²) < 4.78 is 13.2. The maximum atomic E-state index is 13.2. The Morgan fingerprint density at radius 3 is 2.30 bits per heavy atom. The third kappa shape index (κ3) is 2.57. The third-order valence-corrected chi connectivity index (χ3v) is 3.79. The van der Waals surface area contributed by atoms with Crippen LogP contribution in [0, 0.1) is 5.82 Å². The lowest BCUT2D eigenvalue weighted by atomic mass is 10.0. The molecule has 0 aliphatic carbocycles. The van der Waals surface area contributed by atoms with Crippen molar-refractivity contribution in [1.29, 1.82) is 0 Å². The highest BCUT2D eigenvalue weighted by Gasteiger charge is 2.10. The van der Waals surface area contributed by atoms with E-state index < -0.39 is 0 Å². The number of fused-ring (bicyclic) bond motifs is 1. The predicted octanol–water partition coefficient (Wildman–Crippen LogP) is 5.10. The smallest absolute Gasteiger partial charge is 0.123 e. The van der Waals surface area contributed by atoms with E-state index in [0.29, 0.717) is 0 Å². The molecule has 2 aromatic carbocycles. The number of hydrogen-bond donors (Lipinski definition) is 0. The molecule has 0 aliphatic heterocycles. The van der Waals surface area contributed by atoms with Crippen molar-refractivity contribution in [3.8, 4) is 22.4 Å². The molecule has 2 nitrogen and oxygen atoms in total. The molecule has 0 amide bonds. The number of pyridine rings is 2. The van der Waals surface area contributed by atoms with Gasteiger partial charge in [-0.1, -0.05) is 30.3 Å². The number of benzene rings is 2. The fourth-order valence-electron chi connectivity index (χ4n) is 2.67. The lowest BCUT2D eigenvalue weighted by Gasteiger charge is -2.09. The van der Waals surface area contributed by atoms with Crippen LogP contribution in [0.25, 0.3) is 33.4 Å². The molecule has 110 valence electrons. The minimum absolute atomic E-state index is 0.250. The summed E-state index contributed by atoms with van der Waals surface area (Å²) in [5.74, 6) is -0.250. The van der Waals surface area contributed by atoms with Crippen molar-refractivity contribution in [1.82, 2.24) is 9.97 Å². The predicted molar refractivity (Wildman–Crippen MR) is 90.4 cm³/mol. The molecule has 23 heavy (non-hydrogen) atoms. The van der Waals surface area contributed by atoms with Crippen LogP contribution in [0.15, 0.2) is 79.0 Å². The van der Waals surface area contributed by atoms with Crippen LogP contribution in [0.5, 0.6) is 0 Å². The highest BCUT2D eigenvalue weighted by molar-refractivity contribution is 5.93. The van der Waals surface area contributed by atoms with Crippen LogP contribution in [-0.4, -0.2) is 9.97 Å². The van der Waals surface area contributed by atoms with Gasteiger partial charge in [0.1, 0.15) is 5.82 Å². The van der Waals surface area contributed by atoms with Crippen LogP contribution in [0.3, 0.4) is 0 Å². The van der Waals surface area contributed by atoms with E-state index in [1.807, 2.05) is 36.4 Å². The van der Waals surface area contributed by atoms with Crippen molar-refractivity contribution < 1.29 is 4.39 Å². The summed E-state index contributed by atoms with van der Waals surface area (Å²) in [4.78, 5) is 9.16. The number of hydrogen-bond acceptors (Lipinski definition) is 2. The summed E-state index contributed by atoms with van der Waals surface area (Å²) in [5.41, 5.74) is 5.49. The SMILES string of the molecule is Fc1ccc(-c2cc(-c3ccccc3)c3ncccc3n2)cc1. The van der Waals surface area contributed by atoms with Gasteiger partial charge >= 0.3 is 0 Å². The maximum absolute atomic E-state index is 13.2. The molecule has 0 saturated carbocycles. The van der Waals surface area contributed by atoms with Gasteiger partial charge in [0.05, 0.1) is 16.7 Å². The molecule has 2 heterocycles. The Labute approximate surface area is 133 Å². The largest absolute Gasteiger partial charge is 0.254 e. The van der Waals surface area contributed by atoms with Crippen molar-refractivity contribution in [3.63, 3.8) is 0 Å². The summed E-state index contributed by atoms with van der Waals surface area (Å²) >= 11 is 0. The topological polar surface area (TPSA) is 25.8 Å². The monoisotopic (exact) mass is 300 g/mol. The first-order chi connectivity index (χ1) is 11.3. The molecule has 4 aromatic rings. The molecule has 0 saturated heterocycles. The van der Waals surface area contributed by atoms with Crippen LogP contribution in [0.1, 0.15) is 0 Å². The summed E-state index contributed by atoms with van der Waals surface area (Å²) in [5, 5.41) is 0. The zero-order chi connectivity index (χ0) is 15.6. The Morgan fingerprint density at radius 2 is 1.52 bits per heavy atom. The number of nitrogens with zero attached hydrogens (tertiary/aromatic N) is 2. The molecule has 2 aromatic heterocycles. The van der Waals surface area contributed by atoms with Crippen molar-refractivity contribution in [2.45, 2.75) is 0 Å². The van der Waals surface area contributed by atoms with E-state index in [0.717, 1.165) is 33.4 Å². The van der Waals surface area contributed by atoms with Gasteiger partial charge in [-0.05, 0) is 48.0 Å². The Hall–Kier alpha value is -3.07. The number of halogens is 1. The molecule has 4 rings (SSSR count). The van der Waals surface area contributed by atoms with Gasteiger partial charge in [0.15, 0.2) is 0 Å². The zero-order valence-electron chi connectivity index (χ0n) is 12.3. The van der Waals surface area contributed by atoms with E-state index in [2.05, 4.69) is 22.1 Å². The minimum atomic E-state index is -0.250. The molecule has 0 atom stereocenters. The molecule has 0 bridgehead atoms. The van der Waals surface area contributed by atoms with Crippen LogP contribution in [0.2, 0.25) is 0 Å². The highest BCUT2D eigenvalue weighted by atomic mass is 19.1. The first-order valence-electron chi connectivity index (χ1n) is 7.38. The van der Waals surface area contributed by atoms with E-state index in [-0.39, 0.29) is 5.82 Å². The summed E-state index contributed by atoms with van der Waals surface area (Å²) in [6.45, 7) is 0. The third-order valence-electron chi connectivity index (χ3n) is 3.79. The Bertz CT molecular complexity index is 964. The Morgan fingerprint density at radius 1 is 0.739 bits per heavy atom. The van der Waals surface area contributed by atoms with Crippen molar-refractivity contribution in [3.05, 3.63) is 84.8 Å². The second-order valence-electron chi connectivity index (χ2n) is 5.30. The fourth-order valence-corrected chi connectivity index (χ4v) is 2.67. The van der Waals surface area contributed by atoms with E-state index >= 15 is 0 Å². The van der Waals surface area contributed by atoms with Gasteiger partial charge in [-0.2, -0.15) is 0 Å². The van der Waals surface area contributed by atoms with E-state index in [1.54, 1.807) is 18.3 Å². The summed E-state index contributed by atoms with van der Waals surface area (Å²) in [6, 6.07) is 22.3. The van der Waals surface area contributed by atoms with Gasteiger partial charge in [0, 0.05) is 17.3 Å². The van der Waals surface area contributed by atoms with Gasteiger partial charge in [-0.25, -0.2) is 9.37 Å². The molecule has 0 spiro atoms. The van der Waals surface area contributed by atoms with Crippen molar-refractivity contribution in [2.75, 3.05) is 0 Å².